The molecule has 2 nitrogen and oxygen atoms in total. The standard InChI is InChI=1S/C15H20N2S/c1-8(2)15-17-13(14(16)18-15)12-10(4)6-9(3)7-11(12)5/h6-8H,16H2,1-5H3. The lowest BCUT2D eigenvalue weighted by Crippen LogP contribution is -1.94. The van der Waals surface area contributed by atoms with E-state index in [4.69, 9.17) is 10.7 Å². The normalized spacial score (nSPS) is 11.2. The van der Waals surface area contributed by atoms with Gasteiger partial charge in [-0.3, -0.25) is 0 Å². The molecule has 0 amide bonds. The molecular weight excluding hydrogens is 240 g/mol. The number of aromatic nitrogens is 1. The number of nitrogen functional groups attached to an aromatic ring is 1. The molecule has 2 N–H and O–H groups in total. The number of hydrogen-bond acceptors (Lipinski definition) is 3. The summed E-state index contributed by atoms with van der Waals surface area (Å²) in [6.45, 7) is 10.7. The van der Waals surface area contributed by atoms with Crippen LogP contribution in [0.1, 0.15) is 41.5 Å². The van der Waals surface area contributed by atoms with Crippen LogP contribution in [0.3, 0.4) is 0 Å². The van der Waals surface area contributed by atoms with E-state index in [-0.39, 0.29) is 0 Å². The Hall–Kier alpha value is -1.35. The number of nitrogens with two attached hydrogens (primary N) is 1. The molecule has 0 unspecified atom stereocenters. The fourth-order valence-corrected chi connectivity index (χ4v) is 3.17. The highest BCUT2D eigenvalue weighted by Crippen LogP contribution is 2.37. The fraction of sp³-hybridized carbons (Fsp3) is 0.400. The van der Waals surface area contributed by atoms with Gasteiger partial charge in [0.15, 0.2) is 0 Å². The predicted octanol–water partition coefficient (Wildman–Crippen LogP) is 4.44. The Morgan fingerprint density at radius 1 is 1.11 bits per heavy atom. The average Bonchev–Trinajstić information content (AvgIpc) is 2.59. The summed E-state index contributed by atoms with van der Waals surface area (Å²) in [5.41, 5.74) is 12.1. The molecule has 0 radical (unpaired) electrons. The molecule has 0 aliphatic carbocycles. The van der Waals surface area contributed by atoms with Crippen LogP contribution in [0.2, 0.25) is 0 Å². The zero-order chi connectivity index (χ0) is 13.4. The van der Waals surface area contributed by atoms with Gasteiger partial charge in [0.1, 0.15) is 10.7 Å². The van der Waals surface area contributed by atoms with E-state index in [0.29, 0.717) is 5.92 Å². The maximum Gasteiger partial charge on any atom is 0.114 e. The van der Waals surface area contributed by atoms with Gasteiger partial charge in [0.25, 0.3) is 0 Å². The van der Waals surface area contributed by atoms with Gasteiger partial charge in [-0.05, 0) is 31.9 Å². The number of aryl methyl sites for hydroxylation is 3. The van der Waals surface area contributed by atoms with E-state index in [0.717, 1.165) is 15.7 Å². The summed E-state index contributed by atoms with van der Waals surface area (Å²) in [5, 5.41) is 1.94. The molecule has 0 fully saturated rings. The first kappa shape index (κ1) is 13.1. The Balaban J connectivity index is 2.62. The molecule has 18 heavy (non-hydrogen) atoms. The molecule has 1 aromatic heterocycles. The number of rotatable bonds is 2. The smallest absolute Gasteiger partial charge is 0.114 e. The van der Waals surface area contributed by atoms with E-state index in [2.05, 4.69) is 46.8 Å². The molecule has 3 heteroatoms. The van der Waals surface area contributed by atoms with Crippen LogP contribution in [-0.2, 0) is 0 Å². The maximum absolute atomic E-state index is 6.14. The molecule has 0 bridgehead atoms. The molecule has 1 heterocycles. The molecule has 2 rings (SSSR count). The van der Waals surface area contributed by atoms with Crippen molar-refractivity contribution in [1.82, 2.24) is 4.98 Å². The van der Waals surface area contributed by atoms with Crippen LogP contribution >= 0.6 is 11.3 Å². The lowest BCUT2D eigenvalue weighted by atomic mass is 9.97. The monoisotopic (exact) mass is 260 g/mol. The largest absolute Gasteiger partial charge is 0.389 e. The van der Waals surface area contributed by atoms with E-state index >= 15 is 0 Å². The average molecular weight is 260 g/mol. The van der Waals surface area contributed by atoms with Crippen LogP contribution < -0.4 is 5.73 Å². The van der Waals surface area contributed by atoms with Crippen LogP contribution in [0.25, 0.3) is 11.3 Å². The predicted molar refractivity (Wildman–Crippen MR) is 80.3 cm³/mol. The molecular formula is C15H20N2S. The molecule has 96 valence electrons. The third kappa shape index (κ3) is 2.27. The highest BCUT2D eigenvalue weighted by Gasteiger charge is 2.16. The summed E-state index contributed by atoms with van der Waals surface area (Å²) in [4.78, 5) is 4.72. The minimum Gasteiger partial charge on any atom is -0.389 e. The van der Waals surface area contributed by atoms with E-state index in [9.17, 15) is 0 Å². The van der Waals surface area contributed by atoms with Gasteiger partial charge in [-0.2, -0.15) is 0 Å². The minimum atomic E-state index is 0.428. The summed E-state index contributed by atoms with van der Waals surface area (Å²) >= 11 is 1.61. The van der Waals surface area contributed by atoms with Gasteiger partial charge in [0.05, 0.1) is 5.01 Å². The van der Waals surface area contributed by atoms with Gasteiger partial charge in [0, 0.05) is 11.5 Å². The van der Waals surface area contributed by atoms with Crippen LogP contribution in [0.5, 0.6) is 0 Å². The Bertz CT molecular complexity index is 559. The SMILES string of the molecule is Cc1cc(C)c(-c2nc(C(C)C)sc2N)c(C)c1. The maximum atomic E-state index is 6.14. The molecule has 0 saturated carbocycles. The van der Waals surface area contributed by atoms with Crippen LogP contribution in [0.4, 0.5) is 5.00 Å². The van der Waals surface area contributed by atoms with Gasteiger partial charge in [-0.25, -0.2) is 4.98 Å². The summed E-state index contributed by atoms with van der Waals surface area (Å²) in [7, 11) is 0. The molecule has 0 spiro atoms. The van der Waals surface area contributed by atoms with Crippen molar-refractivity contribution in [2.75, 3.05) is 5.73 Å². The number of anilines is 1. The van der Waals surface area contributed by atoms with Gasteiger partial charge < -0.3 is 5.73 Å². The van der Waals surface area contributed by atoms with Crippen molar-refractivity contribution in [2.24, 2.45) is 0 Å². The van der Waals surface area contributed by atoms with Crippen molar-refractivity contribution in [1.29, 1.82) is 0 Å². The highest BCUT2D eigenvalue weighted by molar-refractivity contribution is 7.16. The van der Waals surface area contributed by atoms with Crippen molar-refractivity contribution in [3.05, 3.63) is 33.8 Å². The third-order valence-electron chi connectivity index (χ3n) is 3.08. The second-order valence-electron chi connectivity index (χ2n) is 5.19. The van der Waals surface area contributed by atoms with E-state index < -0.39 is 0 Å². The second kappa shape index (κ2) is 4.73. The first-order valence-corrected chi connectivity index (χ1v) is 7.06. The first-order chi connectivity index (χ1) is 8.40. The fourth-order valence-electron chi connectivity index (χ4n) is 2.33. The third-order valence-corrected chi connectivity index (χ3v) is 4.26. The topological polar surface area (TPSA) is 38.9 Å². The van der Waals surface area contributed by atoms with Gasteiger partial charge >= 0.3 is 0 Å². The zero-order valence-electron chi connectivity index (χ0n) is 11.7. The van der Waals surface area contributed by atoms with Gasteiger partial charge in [0.2, 0.25) is 0 Å². The Labute approximate surface area is 113 Å². The van der Waals surface area contributed by atoms with Crippen LogP contribution in [-0.4, -0.2) is 4.98 Å². The van der Waals surface area contributed by atoms with Crippen LogP contribution in [0, 0.1) is 20.8 Å². The second-order valence-corrected chi connectivity index (χ2v) is 6.26. The summed E-state index contributed by atoms with van der Waals surface area (Å²) < 4.78 is 0. The minimum absolute atomic E-state index is 0.428. The van der Waals surface area contributed by atoms with Crippen molar-refractivity contribution >= 4 is 16.3 Å². The van der Waals surface area contributed by atoms with Crippen molar-refractivity contribution in [3.8, 4) is 11.3 Å². The lowest BCUT2D eigenvalue weighted by Gasteiger charge is -2.09. The van der Waals surface area contributed by atoms with Crippen molar-refractivity contribution in [3.63, 3.8) is 0 Å². The highest BCUT2D eigenvalue weighted by atomic mass is 32.1. The quantitative estimate of drug-likeness (QED) is 0.867. The van der Waals surface area contributed by atoms with Gasteiger partial charge in [-0.15, -0.1) is 11.3 Å². The molecule has 2 aromatic rings. The molecule has 0 atom stereocenters. The number of hydrogen-bond donors (Lipinski definition) is 1. The van der Waals surface area contributed by atoms with Gasteiger partial charge in [-0.1, -0.05) is 31.5 Å². The van der Waals surface area contributed by atoms with E-state index in [1.807, 2.05) is 0 Å². The Morgan fingerprint density at radius 2 is 1.67 bits per heavy atom. The molecule has 0 aliphatic heterocycles. The lowest BCUT2D eigenvalue weighted by molar-refractivity contribution is 0.853. The van der Waals surface area contributed by atoms with Crippen molar-refractivity contribution in [2.45, 2.75) is 40.5 Å². The van der Waals surface area contributed by atoms with Crippen molar-refractivity contribution < 1.29 is 0 Å². The Kier molecular flexibility index (Phi) is 3.44. The Morgan fingerprint density at radius 3 is 2.11 bits per heavy atom. The number of thiazole rings is 1. The molecule has 0 saturated heterocycles. The summed E-state index contributed by atoms with van der Waals surface area (Å²) in [5.74, 6) is 0.428. The number of nitrogens with zero attached hydrogens (tertiary/aromatic N) is 1. The zero-order valence-corrected chi connectivity index (χ0v) is 12.5. The molecule has 0 aliphatic rings. The van der Waals surface area contributed by atoms with Crippen LogP contribution in [0.15, 0.2) is 12.1 Å². The summed E-state index contributed by atoms with van der Waals surface area (Å²) in [6.07, 6.45) is 0. The summed E-state index contributed by atoms with van der Waals surface area (Å²) in [6, 6.07) is 4.38. The molecule has 1 aromatic carbocycles. The van der Waals surface area contributed by atoms with E-state index in [1.165, 1.54) is 22.3 Å². The van der Waals surface area contributed by atoms with E-state index in [1.54, 1.807) is 11.3 Å². The number of benzene rings is 1. The first-order valence-electron chi connectivity index (χ1n) is 6.24.